The minimum absolute atomic E-state index is 0.0125. The van der Waals surface area contributed by atoms with Crippen LogP contribution in [-0.2, 0) is 4.79 Å². The van der Waals surface area contributed by atoms with Gasteiger partial charge in [-0.25, -0.2) is 0 Å². The van der Waals surface area contributed by atoms with Gasteiger partial charge in [0.1, 0.15) is 0 Å². The summed E-state index contributed by atoms with van der Waals surface area (Å²) in [4.78, 5) is 11.8. The van der Waals surface area contributed by atoms with Crippen molar-refractivity contribution < 1.29 is 4.79 Å². The fourth-order valence-corrected chi connectivity index (χ4v) is 2.36. The van der Waals surface area contributed by atoms with Crippen LogP contribution >= 0.6 is 15.9 Å². The lowest BCUT2D eigenvalue weighted by molar-refractivity contribution is -0.115. The molecule has 0 aliphatic rings. The Labute approximate surface area is 127 Å². The number of carbonyl (C=O) groups is 1. The van der Waals surface area contributed by atoms with Crippen molar-refractivity contribution in [2.45, 2.75) is 13.3 Å². The molecular formula is C16H17BrN2O. The maximum atomic E-state index is 11.8. The molecule has 1 amide bonds. The molecule has 0 spiro atoms. The topological polar surface area (TPSA) is 41.1 Å². The van der Waals surface area contributed by atoms with E-state index in [1.54, 1.807) is 0 Å². The molecule has 0 atom stereocenters. The van der Waals surface area contributed by atoms with Gasteiger partial charge in [0.05, 0.1) is 0 Å². The minimum atomic E-state index is 0.0125. The summed E-state index contributed by atoms with van der Waals surface area (Å²) >= 11 is 3.43. The van der Waals surface area contributed by atoms with E-state index in [-0.39, 0.29) is 5.91 Å². The van der Waals surface area contributed by atoms with Crippen LogP contribution in [0.5, 0.6) is 0 Å². The van der Waals surface area contributed by atoms with E-state index in [4.69, 9.17) is 0 Å². The van der Waals surface area contributed by atoms with Crippen LogP contribution in [0.15, 0.2) is 53.0 Å². The lowest BCUT2D eigenvalue weighted by atomic mass is 10.2. The minimum Gasteiger partial charge on any atom is -0.384 e. The molecule has 2 aromatic rings. The van der Waals surface area contributed by atoms with Crippen LogP contribution in [0.2, 0.25) is 0 Å². The van der Waals surface area contributed by atoms with Crippen LogP contribution in [0.1, 0.15) is 12.0 Å². The van der Waals surface area contributed by atoms with Gasteiger partial charge in [-0.1, -0.05) is 34.1 Å². The van der Waals surface area contributed by atoms with Crippen molar-refractivity contribution in [3.63, 3.8) is 0 Å². The molecule has 0 aliphatic carbocycles. The third kappa shape index (κ3) is 4.38. The molecule has 2 N–H and O–H groups in total. The molecule has 0 aliphatic heterocycles. The predicted molar refractivity (Wildman–Crippen MR) is 87.1 cm³/mol. The highest BCUT2D eigenvalue weighted by Crippen LogP contribution is 2.19. The van der Waals surface area contributed by atoms with Gasteiger partial charge in [-0.15, -0.1) is 0 Å². The highest BCUT2D eigenvalue weighted by Gasteiger charge is 2.03. The zero-order valence-electron chi connectivity index (χ0n) is 11.3. The SMILES string of the molecule is Cc1cc(Br)ccc1NCCC(=O)Nc1ccccc1. The van der Waals surface area contributed by atoms with Gasteiger partial charge in [-0.3, -0.25) is 4.79 Å². The number of rotatable bonds is 5. The number of hydrogen-bond donors (Lipinski definition) is 2. The Morgan fingerprint density at radius 1 is 1.15 bits per heavy atom. The molecule has 20 heavy (non-hydrogen) atoms. The van der Waals surface area contributed by atoms with E-state index < -0.39 is 0 Å². The van der Waals surface area contributed by atoms with Crippen molar-refractivity contribution >= 4 is 33.2 Å². The van der Waals surface area contributed by atoms with E-state index in [0.717, 1.165) is 21.4 Å². The summed E-state index contributed by atoms with van der Waals surface area (Å²) in [6, 6.07) is 15.5. The van der Waals surface area contributed by atoms with Crippen LogP contribution in [0.25, 0.3) is 0 Å². The lowest BCUT2D eigenvalue weighted by Crippen LogP contribution is -2.16. The second-order valence-electron chi connectivity index (χ2n) is 4.55. The quantitative estimate of drug-likeness (QED) is 0.861. The van der Waals surface area contributed by atoms with Crippen LogP contribution in [0, 0.1) is 6.92 Å². The Bertz CT molecular complexity index is 584. The number of amides is 1. The van der Waals surface area contributed by atoms with Gasteiger partial charge in [-0.2, -0.15) is 0 Å². The van der Waals surface area contributed by atoms with Crippen LogP contribution < -0.4 is 10.6 Å². The molecule has 0 fully saturated rings. The van der Waals surface area contributed by atoms with Crippen molar-refractivity contribution in [2.24, 2.45) is 0 Å². The molecular weight excluding hydrogens is 316 g/mol. The largest absolute Gasteiger partial charge is 0.384 e. The molecule has 0 aromatic heterocycles. The molecule has 104 valence electrons. The second-order valence-corrected chi connectivity index (χ2v) is 5.47. The van der Waals surface area contributed by atoms with E-state index in [1.807, 2.05) is 55.5 Å². The number of hydrogen-bond acceptors (Lipinski definition) is 2. The number of nitrogens with one attached hydrogen (secondary N) is 2. The van der Waals surface area contributed by atoms with Gasteiger partial charge in [0.2, 0.25) is 5.91 Å². The molecule has 0 unspecified atom stereocenters. The maximum Gasteiger partial charge on any atom is 0.226 e. The molecule has 3 nitrogen and oxygen atoms in total. The van der Waals surface area contributed by atoms with Crippen LogP contribution in [-0.4, -0.2) is 12.5 Å². The summed E-state index contributed by atoms with van der Waals surface area (Å²) < 4.78 is 1.06. The molecule has 2 aromatic carbocycles. The molecule has 0 saturated heterocycles. The van der Waals surface area contributed by atoms with Gasteiger partial charge < -0.3 is 10.6 Å². The third-order valence-electron chi connectivity index (χ3n) is 2.91. The van der Waals surface area contributed by atoms with Gasteiger partial charge in [-0.05, 0) is 42.8 Å². The van der Waals surface area contributed by atoms with Crippen molar-refractivity contribution in [1.29, 1.82) is 0 Å². The molecule has 0 bridgehead atoms. The Balaban J connectivity index is 1.79. The average molecular weight is 333 g/mol. The van der Waals surface area contributed by atoms with Crippen molar-refractivity contribution in [1.82, 2.24) is 0 Å². The Hall–Kier alpha value is -1.81. The van der Waals surface area contributed by atoms with E-state index in [9.17, 15) is 4.79 Å². The molecule has 0 saturated carbocycles. The Kier molecular flexibility index (Phi) is 5.18. The van der Waals surface area contributed by atoms with Gasteiger partial charge in [0, 0.05) is 28.8 Å². The highest BCUT2D eigenvalue weighted by molar-refractivity contribution is 9.10. The van der Waals surface area contributed by atoms with Crippen LogP contribution in [0.4, 0.5) is 11.4 Å². The van der Waals surface area contributed by atoms with Gasteiger partial charge in [0.15, 0.2) is 0 Å². The monoisotopic (exact) mass is 332 g/mol. The van der Waals surface area contributed by atoms with Gasteiger partial charge >= 0.3 is 0 Å². The first-order valence-electron chi connectivity index (χ1n) is 6.50. The average Bonchev–Trinajstić information content (AvgIpc) is 2.42. The zero-order chi connectivity index (χ0) is 14.4. The number of anilines is 2. The molecule has 2 rings (SSSR count). The fourth-order valence-electron chi connectivity index (χ4n) is 1.88. The Morgan fingerprint density at radius 2 is 1.90 bits per heavy atom. The predicted octanol–water partition coefficient (Wildman–Crippen LogP) is 4.20. The summed E-state index contributed by atoms with van der Waals surface area (Å²) in [6.45, 7) is 2.65. The van der Waals surface area contributed by atoms with Crippen LogP contribution in [0.3, 0.4) is 0 Å². The normalized spacial score (nSPS) is 10.1. The van der Waals surface area contributed by atoms with Crippen molar-refractivity contribution in [2.75, 3.05) is 17.2 Å². The van der Waals surface area contributed by atoms with E-state index in [2.05, 4.69) is 26.6 Å². The zero-order valence-corrected chi connectivity index (χ0v) is 12.9. The number of carbonyl (C=O) groups excluding carboxylic acids is 1. The second kappa shape index (κ2) is 7.10. The summed E-state index contributed by atoms with van der Waals surface area (Å²) in [5, 5.41) is 6.14. The highest BCUT2D eigenvalue weighted by atomic mass is 79.9. The first-order chi connectivity index (χ1) is 9.65. The molecule has 4 heteroatoms. The fraction of sp³-hybridized carbons (Fsp3) is 0.188. The standard InChI is InChI=1S/C16H17BrN2O/c1-12-11-13(17)7-8-15(12)18-10-9-16(20)19-14-5-3-2-4-6-14/h2-8,11,18H,9-10H2,1H3,(H,19,20). The van der Waals surface area contributed by atoms with Crippen molar-refractivity contribution in [3.8, 4) is 0 Å². The summed E-state index contributed by atoms with van der Waals surface area (Å²) in [5.74, 6) is 0.0125. The summed E-state index contributed by atoms with van der Waals surface area (Å²) in [7, 11) is 0. The third-order valence-corrected chi connectivity index (χ3v) is 3.41. The van der Waals surface area contributed by atoms with Gasteiger partial charge in [0.25, 0.3) is 0 Å². The smallest absolute Gasteiger partial charge is 0.226 e. The Morgan fingerprint density at radius 3 is 2.60 bits per heavy atom. The maximum absolute atomic E-state index is 11.8. The first-order valence-corrected chi connectivity index (χ1v) is 7.29. The first kappa shape index (κ1) is 14.6. The summed E-state index contributed by atoms with van der Waals surface area (Å²) in [6.07, 6.45) is 0.435. The number of para-hydroxylation sites is 1. The van der Waals surface area contributed by atoms with E-state index in [0.29, 0.717) is 13.0 Å². The number of benzene rings is 2. The molecule has 0 radical (unpaired) electrons. The lowest BCUT2D eigenvalue weighted by Gasteiger charge is -2.10. The summed E-state index contributed by atoms with van der Waals surface area (Å²) in [5.41, 5.74) is 3.04. The van der Waals surface area contributed by atoms with E-state index in [1.165, 1.54) is 0 Å². The van der Waals surface area contributed by atoms with E-state index >= 15 is 0 Å². The number of halogens is 1. The number of aryl methyl sites for hydroxylation is 1. The van der Waals surface area contributed by atoms with Crippen molar-refractivity contribution in [3.05, 3.63) is 58.6 Å². The molecule has 0 heterocycles.